The van der Waals surface area contributed by atoms with E-state index in [0.29, 0.717) is 5.56 Å². The topological polar surface area (TPSA) is 83.7 Å². The Labute approximate surface area is 316 Å². The van der Waals surface area contributed by atoms with Crippen molar-refractivity contribution in [2.24, 2.45) is 0 Å². The van der Waals surface area contributed by atoms with Crippen LogP contribution in [-0.2, 0) is 23.0 Å². The van der Waals surface area contributed by atoms with Gasteiger partial charge in [0.25, 0.3) is 0 Å². The number of ether oxygens (including phenoxy) is 1. The van der Waals surface area contributed by atoms with Gasteiger partial charge in [0.15, 0.2) is 0 Å². The molecule has 4 aromatic carbocycles. The van der Waals surface area contributed by atoms with Gasteiger partial charge in [-0.05, 0) is 0 Å². The zero-order valence-corrected chi connectivity index (χ0v) is 31.9. The molecule has 9 rings (SSSR count). The fraction of sp³-hybridized carbons (Fsp3) is 0.0217. The maximum absolute atomic E-state index is 12.4. The molecule has 5 heterocycles. The van der Waals surface area contributed by atoms with Gasteiger partial charge in [-0.15, -0.1) is 0 Å². The predicted molar refractivity (Wildman–Crippen MR) is 212 cm³/mol. The number of esters is 1. The number of aromatic nitrogens is 4. The van der Waals surface area contributed by atoms with Crippen LogP contribution in [0.15, 0.2) is 133 Å². The number of methoxy groups -OCH3 is 1. The molecule has 0 saturated heterocycles. The number of nitrogens with zero attached hydrogens (tertiary/aromatic N) is 2. The third kappa shape index (κ3) is 5.95. The maximum atomic E-state index is 12.4. The van der Waals surface area contributed by atoms with Crippen LogP contribution in [0.25, 0.3) is 90.9 Å². The van der Waals surface area contributed by atoms with Crippen LogP contribution < -0.4 is 4.16 Å². The molecule has 8 bridgehead atoms. The zero-order valence-electron chi connectivity index (χ0n) is 28.9. The van der Waals surface area contributed by atoms with E-state index in [1.807, 2.05) is 30.3 Å². The molecule has 0 aliphatic carbocycles. The molecule has 0 spiro atoms. The molecule has 2 aliphatic heterocycles. The van der Waals surface area contributed by atoms with E-state index in [9.17, 15) is 4.79 Å². The van der Waals surface area contributed by atoms with Gasteiger partial charge in [0.05, 0.1) is 0 Å². The number of aromatic amines is 2. The first-order valence-corrected chi connectivity index (χ1v) is 18.9. The molecular formula is C46H31N4O2Zn. The second kappa shape index (κ2) is 13.6. The van der Waals surface area contributed by atoms with Gasteiger partial charge in [0, 0.05) is 0 Å². The van der Waals surface area contributed by atoms with Crippen molar-refractivity contribution in [3.63, 3.8) is 0 Å². The SMILES string of the molecule is COC(=O)c1ccc(-c2c3nc(c(-c4ccccc4)c4ccc([nH]4)c(-c4ccccc4)c4nc(c(-c5ccccc5)c5[nH]c2c[c]5[Zn])C=C4)C=C3)cc1. The Kier molecular flexibility index (Phi) is 8.34. The Morgan fingerprint density at radius 2 is 0.925 bits per heavy atom. The van der Waals surface area contributed by atoms with Gasteiger partial charge in [-0.1, -0.05) is 0 Å². The van der Waals surface area contributed by atoms with Gasteiger partial charge in [-0.25, -0.2) is 0 Å². The molecule has 0 amide bonds. The first-order chi connectivity index (χ1) is 26.1. The van der Waals surface area contributed by atoms with Crippen molar-refractivity contribution in [2.75, 3.05) is 7.11 Å². The average Bonchev–Trinajstić information content (AvgIpc) is 4.04. The van der Waals surface area contributed by atoms with Gasteiger partial charge in [-0.3, -0.25) is 0 Å². The van der Waals surface area contributed by atoms with Gasteiger partial charge < -0.3 is 0 Å². The normalized spacial score (nSPS) is 11.9. The third-order valence-corrected chi connectivity index (χ3v) is 10.9. The van der Waals surface area contributed by atoms with Crippen molar-refractivity contribution in [1.29, 1.82) is 0 Å². The standard InChI is InChI=1S/C46H31N4O2.Zn/c1-52-46(51)33-19-17-32(18-20-33)45-40-27-25-38(49-40)43(30-13-7-3-8-14-30)36-23-21-34(47-36)42(29-11-5-2-6-12-29)35-22-24-37(48-35)44(31-15-9-4-10-16-31)39-26-28-41(45)50-39;/h2-25,27-28,47,50H,1H3;. The van der Waals surface area contributed by atoms with Gasteiger partial charge in [0.2, 0.25) is 0 Å². The first kappa shape index (κ1) is 32.5. The Morgan fingerprint density at radius 3 is 1.40 bits per heavy atom. The minimum absolute atomic E-state index is 0.375. The van der Waals surface area contributed by atoms with Crippen LogP contribution >= 0.6 is 0 Å². The zero-order chi connectivity index (χ0) is 35.9. The number of fused-ring (bicyclic) bond motifs is 8. The quantitative estimate of drug-likeness (QED) is 0.136. The van der Waals surface area contributed by atoms with Crippen LogP contribution in [0, 0.1) is 0 Å². The van der Waals surface area contributed by atoms with E-state index in [1.165, 1.54) is 11.3 Å². The molecule has 249 valence electrons. The molecule has 7 heteroatoms. The van der Waals surface area contributed by atoms with Crippen molar-refractivity contribution in [3.8, 4) is 44.5 Å². The Hall–Kier alpha value is -6.43. The summed E-state index contributed by atoms with van der Waals surface area (Å²) in [7, 11) is 1.40. The van der Waals surface area contributed by atoms with Gasteiger partial charge in [-0.2, -0.15) is 0 Å². The molecule has 2 N–H and O–H groups in total. The van der Waals surface area contributed by atoms with Crippen molar-refractivity contribution in [3.05, 3.63) is 162 Å². The number of carbonyl (C=O) groups excluding carboxylic acids is 1. The molecule has 0 saturated carbocycles. The fourth-order valence-electron chi connectivity index (χ4n) is 7.27. The average molecular weight is 737 g/mol. The summed E-state index contributed by atoms with van der Waals surface area (Å²) in [5.41, 5.74) is 15.9. The van der Waals surface area contributed by atoms with Crippen LogP contribution in [0.1, 0.15) is 33.1 Å². The molecule has 0 radical (unpaired) electrons. The molecule has 0 fully saturated rings. The van der Waals surface area contributed by atoms with Crippen molar-refractivity contribution >= 4 is 56.5 Å². The number of rotatable bonds is 5. The summed E-state index contributed by atoms with van der Waals surface area (Å²) in [5, 5.41) is 0. The van der Waals surface area contributed by atoms with Crippen molar-refractivity contribution < 1.29 is 27.8 Å². The van der Waals surface area contributed by atoms with E-state index >= 15 is 0 Å². The summed E-state index contributed by atoms with van der Waals surface area (Å²) in [6.07, 6.45) is 8.44. The second-order valence-electron chi connectivity index (χ2n) is 13.0. The molecule has 0 atom stereocenters. The van der Waals surface area contributed by atoms with E-state index in [0.717, 1.165) is 108 Å². The number of nitrogens with one attached hydrogen (secondary N) is 2. The van der Waals surface area contributed by atoms with Gasteiger partial charge >= 0.3 is 318 Å². The first-order valence-electron chi connectivity index (χ1n) is 17.4. The molecular weight excluding hydrogens is 706 g/mol. The van der Waals surface area contributed by atoms with Gasteiger partial charge in [0.1, 0.15) is 0 Å². The Bertz CT molecular complexity index is 2770. The summed E-state index contributed by atoms with van der Waals surface area (Å²) in [4.78, 5) is 30.8. The molecule has 53 heavy (non-hydrogen) atoms. The summed E-state index contributed by atoms with van der Waals surface area (Å²) in [6, 6.07) is 45.4. The number of carbonyl (C=O) groups is 1. The summed E-state index contributed by atoms with van der Waals surface area (Å²) >= 11 is 0.919. The van der Waals surface area contributed by atoms with Crippen molar-refractivity contribution in [2.45, 2.75) is 0 Å². The van der Waals surface area contributed by atoms with Crippen LogP contribution in [0.4, 0.5) is 0 Å². The van der Waals surface area contributed by atoms with E-state index in [2.05, 4.69) is 125 Å². The number of hydrogen-bond acceptors (Lipinski definition) is 4. The minimum atomic E-state index is -0.375. The number of benzene rings is 4. The van der Waals surface area contributed by atoms with Crippen LogP contribution in [0.5, 0.6) is 0 Å². The van der Waals surface area contributed by atoms with E-state index in [4.69, 9.17) is 14.7 Å². The molecule has 6 nitrogen and oxygen atoms in total. The number of hydrogen-bond donors (Lipinski definition) is 2. The summed E-state index contributed by atoms with van der Waals surface area (Å²) in [6.45, 7) is 0. The third-order valence-electron chi connectivity index (χ3n) is 9.73. The molecule has 7 aromatic rings. The fourth-order valence-corrected chi connectivity index (χ4v) is 8.26. The molecule has 2 aliphatic rings. The van der Waals surface area contributed by atoms with E-state index in [-0.39, 0.29) is 5.97 Å². The Balaban J connectivity index is 1.47. The molecule has 3 aromatic heterocycles. The van der Waals surface area contributed by atoms with E-state index < -0.39 is 0 Å². The molecule has 0 unspecified atom stereocenters. The second-order valence-corrected chi connectivity index (χ2v) is 14.6. The number of H-pyrrole nitrogens is 2. The van der Waals surface area contributed by atoms with Crippen LogP contribution in [-0.4, -0.2) is 33.0 Å². The summed E-state index contributed by atoms with van der Waals surface area (Å²) < 4.78 is 6.20. The Morgan fingerprint density at radius 1 is 0.509 bits per heavy atom. The monoisotopic (exact) mass is 735 g/mol. The van der Waals surface area contributed by atoms with Crippen LogP contribution in [0.2, 0.25) is 0 Å². The van der Waals surface area contributed by atoms with Crippen molar-refractivity contribution in [1.82, 2.24) is 19.9 Å². The summed E-state index contributed by atoms with van der Waals surface area (Å²) in [5.74, 6) is -0.375. The predicted octanol–water partition coefficient (Wildman–Crippen LogP) is 10.3. The van der Waals surface area contributed by atoms with Crippen LogP contribution in [0.3, 0.4) is 0 Å². The van der Waals surface area contributed by atoms with E-state index in [1.54, 1.807) is 12.1 Å².